The van der Waals surface area contributed by atoms with Crippen LogP contribution in [0.25, 0.3) is 0 Å². The van der Waals surface area contributed by atoms with Gasteiger partial charge in [0.15, 0.2) is 0 Å². The van der Waals surface area contributed by atoms with Gasteiger partial charge >= 0.3 is 5.97 Å². The van der Waals surface area contributed by atoms with E-state index in [9.17, 15) is 19.2 Å². The minimum atomic E-state index is -1.19. The second-order valence-corrected chi connectivity index (χ2v) is 8.99. The van der Waals surface area contributed by atoms with E-state index in [1.807, 2.05) is 13.8 Å². The van der Waals surface area contributed by atoms with Crippen LogP contribution in [0, 0.1) is 22.2 Å². The van der Waals surface area contributed by atoms with E-state index in [-0.39, 0.29) is 42.4 Å². The summed E-state index contributed by atoms with van der Waals surface area (Å²) < 4.78 is 0. The van der Waals surface area contributed by atoms with Gasteiger partial charge in [-0.05, 0) is 24.5 Å². The van der Waals surface area contributed by atoms with Crippen molar-refractivity contribution in [3.63, 3.8) is 0 Å². The predicted octanol–water partition coefficient (Wildman–Crippen LogP) is 1.44. The van der Waals surface area contributed by atoms with Gasteiger partial charge in [-0.3, -0.25) is 34.8 Å². The second kappa shape index (κ2) is 11.5. The molecule has 0 radical (unpaired) electrons. The summed E-state index contributed by atoms with van der Waals surface area (Å²) in [4.78, 5) is 58.6. The fourth-order valence-corrected chi connectivity index (χ4v) is 3.92. The number of fused-ring (bicyclic) bond motifs is 1. The Hall–Kier alpha value is -4.48. The average Bonchev–Trinajstić information content (AvgIpc) is 2.94. The molecule has 198 valence electrons. The second-order valence-electron chi connectivity index (χ2n) is 8.99. The number of aliphatic carboxylic acids is 2. The highest BCUT2D eigenvalue weighted by atomic mass is 16.4. The molecule has 0 aromatic heterocycles. The van der Waals surface area contributed by atoms with Crippen LogP contribution >= 0.6 is 0 Å². The topological polar surface area (TPSA) is 203 Å². The number of para-hydroxylation sites is 1. The molecule has 0 saturated carbocycles. The van der Waals surface area contributed by atoms with Crippen LogP contribution in [0.1, 0.15) is 44.0 Å². The smallest absolute Gasteiger partial charge is 0.303 e. The molecule has 0 bridgehead atoms. The molecule has 12 nitrogen and oxygen atoms in total. The summed E-state index contributed by atoms with van der Waals surface area (Å²) in [5, 5.41) is 28.0. The zero-order valence-electron chi connectivity index (χ0n) is 20.8. The number of hydrogen-bond donors (Lipinski definition) is 6. The quantitative estimate of drug-likeness (QED) is 0.178. The molecule has 1 aliphatic carbocycles. The molecule has 0 atom stereocenters. The van der Waals surface area contributed by atoms with Gasteiger partial charge in [0.25, 0.3) is 23.7 Å². The van der Waals surface area contributed by atoms with Crippen molar-refractivity contribution in [2.75, 3.05) is 11.6 Å². The van der Waals surface area contributed by atoms with E-state index in [0.29, 0.717) is 0 Å². The summed E-state index contributed by atoms with van der Waals surface area (Å²) in [6.45, 7) is 4.46. The van der Waals surface area contributed by atoms with E-state index < -0.39 is 40.5 Å². The maximum absolute atomic E-state index is 13.5. The van der Waals surface area contributed by atoms with Crippen LogP contribution < -0.4 is 21.5 Å². The van der Waals surface area contributed by atoms with E-state index in [2.05, 4.69) is 10.7 Å². The molecule has 37 heavy (non-hydrogen) atoms. The van der Waals surface area contributed by atoms with Gasteiger partial charge < -0.3 is 21.3 Å². The first kappa shape index (κ1) is 28.8. The summed E-state index contributed by atoms with van der Waals surface area (Å²) in [6, 6.07) is 6.45. The number of carbonyl (C=O) groups is 5. The molecule has 2 aliphatic rings. The number of carboxylic acids is 2. The molecule has 3 amide bonds. The van der Waals surface area contributed by atoms with Crippen molar-refractivity contribution in [2.45, 2.75) is 33.6 Å². The van der Waals surface area contributed by atoms with Gasteiger partial charge in [0.2, 0.25) is 0 Å². The number of anilines is 1. The number of nitrogens with zero attached hydrogens (tertiary/aromatic N) is 1. The zero-order valence-corrected chi connectivity index (χ0v) is 20.8. The molecule has 3 rings (SSSR count). The van der Waals surface area contributed by atoms with E-state index in [1.165, 1.54) is 0 Å². The first-order valence-corrected chi connectivity index (χ1v) is 11.4. The minimum Gasteiger partial charge on any atom is -0.481 e. The van der Waals surface area contributed by atoms with Crippen LogP contribution in [0.5, 0.6) is 0 Å². The lowest BCUT2D eigenvalue weighted by Gasteiger charge is -2.38. The normalized spacial score (nSPS) is 22.2. The number of amides is 3. The van der Waals surface area contributed by atoms with E-state index >= 15 is 0 Å². The molecule has 1 aromatic carbocycles. The largest absolute Gasteiger partial charge is 0.481 e. The highest BCUT2D eigenvalue weighted by Crippen LogP contribution is 2.41. The van der Waals surface area contributed by atoms with Crippen molar-refractivity contribution in [3.8, 4) is 0 Å². The van der Waals surface area contributed by atoms with E-state index in [0.717, 1.165) is 11.9 Å². The van der Waals surface area contributed by atoms with Crippen molar-refractivity contribution in [2.24, 2.45) is 22.5 Å². The van der Waals surface area contributed by atoms with Gasteiger partial charge in [0, 0.05) is 13.3 Å². The molecule has 7 N–H and O–H groups in total. The molecule has 12 heteroatoms. The molecule has 0 saturated heterocycles. The number of rotatable bonds is 7. The third-order valence-electron chi connectivity index (χ3n) is 6.17. The van der Waals surface area contributed by atoms with Crippen LogP contribution in [-0.2, 0) is 19.2 Å². The lowest BCUT2D eigenvalue weighted by Crippen LogP contribution is -2.54. The third-order valence-corrected chi connectivity index (χ3v) is 6.17. The monoisotopic (exact) mass is 513 g/mol. The van der Waals surface area contributed by atoms with Crippen LogP contribution in [-0.4, -0.2) is 52.3 Å². The Morgan fingerprint density at radius 3 is 2.22 bits per heavy atom. The van der Waals surface area contributed by atoms with E-state index in [4.69, 9.17) is 26.2 Å². The van der Waals surface area contributed by atoms with Gasteiger partial charge in [0.1, 0.15) is 5.84 Å². The minimum absolute atomic E-state index is 0.0756. The molecule has 1 aliphatic heterocycles. The third kappa shape index (κ3) is 6.40. The number of carboxylic acid groups (broad SMARTS) is 2. The molecule has 1 aromatic rings. The number of nitrogens with one attached hydrogen (secondary N) is 3. The Morgan fingerprint density at radius 2 is 1.70 bits per heavy atom. The van der Waals surface area contributed by atoms with Crippen molar-refractivity contribution < 1.29 is 34.2 Å². The van der Waals surface area contributed by atoms with Crippen LogP contribution in [0.15, 0.2) is 48.6 Å². The van der Waals surface area contributed by atoms with Gasteiger partial charge in [0.05, 0.1) is 28.6 Å². The maximum Gasteiger partial charge on any atom is 0.303 e. The van der Waals surface area contributed by atoms with Crippen molar-refractivity contribution in [1.29, 1.82) is 5.41 Å². The Labute approximate surface area is 213 Å². The maximum atomic E-state index is 13.5. The van der Waals surface area contributed by atoms with Gasteiger partial charge in [-0.25, -0.2) is 5.01 Å². The fourth-order valence-electron chi connectivity index (χ4n) is 3.92. The molecule has 0 unspecified atom stereocenters. The summed E-state index contributed by atoms with van der Waals surface area (Å²) >= 11 is 0. The zero-order chi connectivity index (χ0) is 28.0. The first-order valence-electron chi connectivity index (χ1n) is 11.4. The average molecular weight is 514 g/mol. The Balaban J connectivity index is 0.00000112. The van der Waals surface area contributed by atoms with Gasteiger partial charge in [-0.15, -0.1) is 0 Å². The van der Waals surface area contributed by atoms with Crippen molar-refractivity contribution in [1.82, 2.24) is 10.7 Å². The molecule has 1 heterocycles. The lowest BCUT2D eigenvalue weighted by atomic mass is 9.67. The summed E-state index contributed by atoms with van der Waals surface area (Å²) in [6.07, 6.45) is 6.26. The standard InChI is InChI=1S/C23H27N5O5.C2H4O2/c1-14(2)23(11-9-22(10-12-23,20(24)25)8-7-18(30)31)21(33)27-28-16-6-4-3-5-15(16)19(32)26-13-17(28)29;1-2(3)4/h3-6,9-12,14H,7-8,13H2,1-2H3,(H3,24,25)(H,26,32)(H,27,33)(H,30,31);1H3,(H,3,4). The number of hydrogen-bond acceptors (Lipinski definition) is 6. The SMILES string of the molecule is CC(=O)O.CC(C)C1(C(=O)NN2C(=O)CNC(=O)c3ccccc32)C=CC(CCC(=O)O)(C(=N)N)C=C1. The number of hydrazine groups is 1. The van der Waals surface area contributed by atoms with Crippen LogP contribution in [0.4, 0.5) is 5.69 Å². The number of benzene rings is 1. The van der Waals surface area contributed by atoms with Crippen LogP contribution in [0.3, 0.4) is 0 Å². The predicted molar refractivity (Wildman–Crippen MR) is 134 cm³/mol. The van der Waals surface area contributed by atoms with E-state index in [1.54, 1.807) is 48.6 Å². The van der Waals surface area contributed by atoms with Crippen molar-refractivity contribution in [3.05, 3.63) is 54.1 Å². The molecular weight excluding hydrogens is 482 g/mol. The summed E-state index contributed by atoms with van der Waals surface area (Å²) in [5.74, 6) is -3.78. The van der Waals surface area contributed by atoms with Crippen LogP contribution in [0.2, 0.25) is 0 Å². The highest BCUT2D eigenvalue weighted by Gasteiger charge is 2.44. The molecular formula is C25H31N5O7. The van der Waals surface area contributed by atoms with Gasteiger partial charge in [-0.1, -0.05) is 50.3 Å². The lowest BCUT2D eigenvalue weighted by molar-refractivity contribution is -0.137. The highest BCUT2D eigenvalue weighted by molar-refractivity contribution is 6.10. The molecule has 0 fully saturated rings. The Kier molecular flexibility index (Phi) is 8.94. The summed E-state index contributed by atoms with van der Waals surface area (Å²) in [7, 11) is 0. The van der Waals surface area contributed by atoms with Crippen molar-refractivity contribution >= 4 is 41.2 Å². The Morgan fingerprint density at radius 1 is 1.14 bits per heavy atom. The number of carbonyl (C=O) groups excluding carboxylic acids is 3. The Bertz CT molecular complexity index is 1150. The van der Waals surface area contributed by atoms with Gasteiger partial charge in [-0.2, -0.15) is 0 Å². The number of nitrogens with two attached hydrogens (primary N) is 1. The fraction of sp³-hybridized carbons (Fsp3) is 0.360. The first-order chi connectivity index (χ1) is 17.3. The summed E-state index contributed by atoms with van der Waals surface area (Å²) in [5.41, 5.74) is 6.63. The molecule has 0 spiro atoms. The number of amidine groups is 1.